The number of carbonyl (C=O) groups excluding carboxylic acids is 1. The summed E-state index contributed by atoms with van der Waals surface area (Å²) in [5, 5.41) is 11.0. The first-order valence-electron chi connectivity index (χ1n) is 10.0. The number of cyclic esters (lactones) is 1. The van der Waals surface area contributed by atoms with Gasteiger partial charge in [0.15, 0.2) is 6.10 Å². The van der Waals surface area contributed by atoms with E-state index in [0.29, 0.717) is 35.4 Å². The molecular formula is C23H20FN3O4. The number of halogens is 1. The number of aliphatic hydroxyl groups excluding tert-OH is 1. The minimum atomic E-state index is -1.52. The van der Waals surface area contributed by atoms with E-state index in [2.05, 4.69) is 4.98 Å². The highest BCUT2D eigenvalue weighted by Gasteiger charge is 2.34. The van der Waals surface area contributed by atoms with Gasteiger partial charge in [-0.05, 0) is 43.1 Å². The van der Waals surface area contributed by atoms with Crippen LogP contribution in [0, 0.1) is 12.7 Å². The molecule has 0 amide bonds. The lowest BCUT2D eigenvalue weighted by molar-refractivity contribution is -0.157. The number of rotatable bonds is 3. The largest absolute Gasteiger partial charge is 0.458 e. The maximum Gasteiger partial charge on any atom is 0.340 e. The Bertz CT molecular complexity index is 1360. The van der Waals surface area contributed by atoms with E-state index in [1.165, 1.54) is 6.07 Å². The van der Waals surface area contributed by atoms with Gasteiger partial charge in [-0.15, -0.1) is 0 Å². The first-order valence-corrected chi connectivity index (χ1v) is 10.0. The quantitative estimate of drug-likeness (QED) is 0.492. The van der Waals surface area contributed by atoms with Crippen LogP contribution < -0.4 is 11.3 Å². The summed E-state index contributed by atoms with van der Waals surface area (Å²) in [5.41, 5.74) is 9.46. The first-order chi connectivity index (χ1) is 14.9. The Balaban J connectivity index is 1.80. The summed E-state index contributed by atoms with van der Waals surface area (Å²) in [6, 6.07) is 4.76. The van der Waals surface area contributed by atoms with Crippen molar-refractivity contribution in [2.75, 3.05) is 6.54 Å². The molecule has 3 aromatic rings. The highest BCUT2D eigenvalue weighted by molar-refractivity contribution is 5.94. The number of carbonyl (C=O) groups is 1. The third-order valence-corrected chi connectivity index (χ3v) is 5.90. The van der Waals surface area contributed by atoms with E-state index in [1.807, 2.05) is 12.2 Å². The molecule has 8 heteroatoms. The van der Waals surface area contributed by atoms with Gasteiger partial charge in [-0.25, -0.2) is 14.2 Å². The molecular weight excluding hydrogens is 401 g/mol. The number of aliphatic hydroxyl groups is 1. The van der Waals surface area contributed by atoms with Gasteiger partial charge >= 0.3 is 5.97 Å². The number of esters is 1. The topological polar surface area (TPSA) is 107 Å². The zero-order chi connectivity index (χ0) is 21.9. The van der Waals surface area contributed by atoms with Crippen molar-refractivity contribution in [1.29, 1.82) is 0 Å². The van der Waals surface area contributed by atoms with Crippen molar-refractivity contribution in [3.8, 4) is 11.4 Å². The molecule has 158 valence electrons. The van der Waals surface area contributed by atoms with Crippen LogP contribution in [0.5, 0.6) is 0 Å². The fourth-order valence-electron chi connectivity index (χ4n) is 4.27. The van der Waals surface area contributed by atoms with E-state index in [1.54, 1.807) is 23.6 Å². The smallest absolute Gasteiger partial charge is 0.340 e. The highest BCUT2D eigenvalue weighted by atomic mass is 19.1. The highest BCUT2D eigenvalue weighted by Crippen LogP contribution is 2.38. The van der Waals surface area contributed by atoms with Gasteiger partial charge in [-0.3, -0.25) is 4.79 Å². The fraction of sp³-hybridized carbons (Fsp3) is 0.261. The van der Waals surface area contributed by atoms with Crippen LogP contribution in [-0.2, 0) is 22.7 Å². The molecule has 0 radical (unpaired) electrons. The summed E-state index contributed by atoms with van der Waals surface area (Å²) >= 11 is 0. The number of hydrogen-bond acceptors (Lipinski definition) is 6. The molecule has 0 saturated heterocycles. The van der Waals surface area contributed by atoms with Gasteiger partial charge in [-0.1, -0.05) is 12.2 Å². The normalized spacial score (nSPS) is 17.0. The van der Waals surface area contributed by atoms with Crippen molar-refractivity contribution >= 4 is 22.9 Å². The Morgan fingerprint density at radius 1 is 1.32 bits per heavy atom. The fourth-order valence-corrected chi connectivity index (χ4v) is 4.27. The second-order valence-corrected chi connectivity index (χ2v) is 7.82. The minimum absolute atomic E-state index is 0.177. The predicted octanol–water partition coefficient (Wildman–Crippen LogP) is 2.32. The van der Waals surface area contributed by atoms with Crippen molar-refractivity contribution < 1.29 is 19.0 Å². The average molecular weight is 421 g/mol. The Morgan fingerprint density at radius 2 is 2.13 bits per heavy atom. The van der Waals surface area contributed by atoms with E-state index < -0.39 is 12.1 Å². The van der Waals surface area contributed by atoms with Crippen molar-refractivity contribution in [2.45, 2.75) is 32.6 Å². The number of fused-ring (bicyclic) bond motifs is 5. The summed E-state index contributed by atoms with van der Waals surface area (Å²) < 4.78 is 20.8. The van der Waals surface area contributed by atoms with Gasteiger partial charge in [0.1, 0.15) is 12.4 Å². The average Bonchev–Trinajstić information content (AvgIpc) is 3.11. The monoisotopic (exact) mass is 421 g/mol. The number of hydrogen-bond donors (Lipinski definition) is 2. The third-order valence-electron chi connectivity index (χ3n) is 5.90. The van der Waals surface area contributed by atoms with Crippen LogP contribution >= 0.6 is 0 Å². The van der Waals surface area contributed by atoms with Gasteiger partial charge in [-0.2, -0.15) is 0 Å². The summed E-state index contributed by atoms with van der Waals surface area (Å²) in [5.74, 6) is -1.15. The van der Waals surface area contributed by atoms with Crippen molar-refractivity contribution in [1.82, 2.24) is 9.55 Å². The minimum Gasteiger partial charge on any atom is -0.458 e. The van der Waals surface area contributed by atoms with E-state index in [-0.39, 0.29) is 35.7 Å². The van der Waals surface area contributed by atoms with Gasteiger partial charge < -0.3 is 20.1 Å². The SMILES string of the molecule is Cc1cc2c(/C=C/CCN)c3c(nc2cc1F)-c1cc2c(c(=O)n1C3)COC(=O)C2O. The summed E-state index contributed by atoms with van der Waals surface area (Å²) in [6.07, 6.45) is 3.04. The standard InChI is InChI=1S/C23H20FN3O4/c1-11-6-13-12(4-2-3-5-25)15-9-27-19(20(15)26-18(13)8-17(11)24)7-14-16(22(27)29)10-31-23(30)21(14)28/h2,4,6-8,21,28H,3,5,9-10,25H2,1H3/b4-2+. The Hall–Kier alpha value is -3.36. The van der Waals surface area contributed by atoms with Crippen LogP contribution in [0.2, 0.25) is 0 Å². The number of benzene rings is 1. The van der Waals surface area contributed by atoms with Gasteiger partial charge in [0.05, 0.1) is 29.0 Å². The molecule has 0 bridgehead atoms. The lowest BCUT2D eigenvalue weighted by atomic mass is 9.97. The number of nitrogens with zero attached hydrogens (tertiary/aromatic N) is 2. The molecule has 0 spiro atoms. The van der Waals surface area contributed by atoms with Crippen molar-refractivity contribution in [2.24, 2.45) is 5.73 Å². The van der Waals surface area contributed by atoms with Gasteiger partial charge in [0.2, 0.25) is 0 Å². The zero-order valence-corrected chi connectivity index (χ0v) is 16.8. The van der Waals surface area contributed by atoms with Gasteiger partial charge in [0.25, 0.3) is 5.56 Å². The number of pyridine rings is 2. The number of aromatic nitrogens is 2. The number of aryl methyl sites for hydroxylation is 1. The Morgan fingerprint density at radius 3 is 2.90 bits per heavy atom. The zero-order valence-electron chi connectivity index (χ0n) is 16.8. The van der Waals surface area contributed by atoms with Gasteiger partial charge in [0, 0.05) is 22.6 Å². The molecule has 2 aliphatic rings. The summed E-state index contributed by atoms with van der Waals surface area (Å²) in [6.45, 7) is 2.29. The first kappa shape index (κ1) is 19.6. The molecule has 1 atom stereocenters. The lowest BCUT2D eigenvalue weighted by Gasteiger charge is -2.21. The molecule has 0 saturated carbocycles. The third kappa shape index (κ3) is 2.90. The molecule has 0 aliphatic carbocycles. The molecule has 1 unspecified atom stereocenters. The van der Waals surface area contributed by atoms with Crippen LogP contribution in [0.15, 0.2) is 29.1 Å². The molecule has 2 aliphatic heterocycles. The molecule has 3 N–H and O–H groups in total. The number of ether oxygens (including phenoxy) is 1. The molecule has 1 aromatic carbocycles. The predicted molar refractivity (Wildman–Crippen MR) is 113 cm³/mol. The van der Waals surface area contributed by atoms with Crippen LogP contribution in [0.1, 0.15) is 40.3 Å². The van der Waals surface area contributed by atoms with E-state index >= 15 is 0 Å². The number of nitrogens with two attached hydrogens (primary N) is 1. The van der Waals surface area contributed by atoms with Crippen molar-refractivity contribution in [3.63, 3.8) is 0 Å². The molecule has 2 aromatic heterocycles. The molecule has 0 fully saturated rings. The maximum atomic E-state index is 14.3. The van der Waals surface area contributed by atoms with E-state index in [0.717, 1.165) is 16.5 Å². The second-order valence-electron chi connectivity index (χ2n) is 7.82. The van der Waals surface area contributed by atoms with Crippen LogP contribution in [0.25, 0.3) is 28.4 Å². The van der Waals surface area contributed by atoms with E-state index in [9.17, 15) is 19.1 Å². The van der Waals surface area contributed by atoms with Crippen LogP contribution in [0.4, 0.5) is 4.39 Å². The molecule has 5 rings (SSSR count). The maximum absolute atomic E-state index is 14.3. The van der Waals surface area contributed by atoms with E-state index in [4.69, 9.17) is 10.5 Å². The summed E-state index contributed by atoms with van der Waals surface area (Å²) in [7, 11) is 0. The lowest BCUT2D eigenvalue weighted by Crippen LogP contribution is -2.32. The molecule has 31 heavy (non-hydrogen) atoms. The molecule has 7 nitrogen and oxygen atoms in total. The summed E-state index contributed by atoms with van der Waals surface area (Å²) in [4.78, 5) is 29.6. The molecule has 4 heterocycles. The van der Waals surface area contributed by atoms with Crippen LogP contribution in [0.3, 0.4) is 0 Å². The van der Waals surface area contributed by atoms with Crippen molar-refractivity contribution in [3.05, 3.63) is 68.3 Å². The Labute approximate surface area is 176 Å². The van der Waals surface area contributed by atoms with Crippen LogP contribution in [-0.4, -0.2) is 27.2 Å². The Kier molecular flexibility index (Phi) is 4.49. The second kappa shape index (κ2) is 7.11.